The maximum Gasteiger partial charge on any atom is 0.333 e. The van der Waals surface area contributed by atoms with E-state index in [4.69, 9.17) is 23.2 Å². The molecular weight excluding hydrogens is 523 g/mol. The minimum atomic E-state index is -0.143. The number of aromatic amines is 1. The van der Waals surface area contributed by atoms with Gasteiger partial charge in [0.2, 0.25) is 0 Å². The van der Waals surface area contributed by atoms with Gasteiger partial charge >= 0.3 is 5.69 Å². The molecule has 1 amide bonds. The Morgan fingerprint density at radius 1 is 1.08 bits per heavy atom. The molecule has 0 saturated heterocycles. The van der Waals surface area contributed by atoms with Crippen LogP contribution in [-0.2, 0) is 6.54 Å². The monoisotopic (exact) mass is 548 g/mol. The van der Waals surface area contributed by atoms with E-state index in [0.29, 0.717) is 33.9 Å². The predicted molar refractivity (Wildman–Crippen MR) is 149 cm³/mol. The van der Waals surface area contributed by atoms with Gasteiger partial charge in [-0.15, -0.1) is 0 Å². The quantitative estimate of drug-likeness (QED) is 0.295. The zero-order chi connectivity index (χ0) is 26.4. The number of hydrogen-bond acceptors (Lipinski definition) is 4. The van der Waals surface area contributed by atoms with Gasteiger partial charge in [-0.3, -0.25) is 24.0 Å². The number of amides is 1. The Balaban J connectivity index is 1.20. The first-order chi connectivity index (χ1) is 18.4. The van der Waals surface area contributed by atoms with Crippen LogP contribution in [0.2, 0.25) is 10.2 Å². The fourth-order valence-corrected chi connectivity index (χ4v) is 5.86. The summed E-state index contributed by atoms with van der Waals surface area (Å²) in [6.07, 6.45) is 5.09. The zero-order valence-electron chi connectivity index (χ0n) is 20.7. The summed E-state index contributed by atoms with van der Waals surface area (Å²) in [5.41, 5.74) is 4.39. The molecule has 1 saturated carbocycles. The molecule has 6 rings (SSSR count). The molecule has 194 valence electrons. The van der Waals surface area contributed by atoms with Crippen LogP contribution in [-0.4, -0.2) is 36.3 Å². The van der Waals surface area contributed by atoms with Crippen molar-refractivity contribution in [3.63, 3.8) is 0 Å². The Labute approximate surface area is 228 Å². The number of fused-ring (bicyclic) bond motifs is 2. The Morgan fingerprint density at radius 2 is 1.84 bits per heavy atom. The highest BCUT2D eigenvalue weighted by molar-refractivity contribution is 6.34. The number of aryl methyl sites for hydroxylation is 1. The third kappa shape index (κ3) is 4.48. The number of rotatable bonds is 5. The lowest BCUT2D eigenvalue weighted by molar-refractivity contribution is 0.0919. The molecule has 2 N–H and O–H groups in total. The second-order valence-corrected chi connectivity index (χ2v) is 10.7. The van der Waals surface area contributed by atoms with Crippen molar-refractivity contribution in [3.8, 4) is 5.69 Å². The van der Waals surface area contributed by atoms with E-state index >= 15 is 0 Å². The van der Waals surface area contributed by atoms with Crippen molar-refractivity contribution < 1.29 is 4.79 Å². The van der Waals surface area contributed by atoms with Crippen molar-refractivity contribution in [3.05, 3.63) is 86.6 Å². The molecule has 2 aromatic carbocycles. The molecule has 0 aliphatic heterocycles. The van der Waals surface area contributed by atoms with Crippen molar-refractivity contribution in [1.82, 2.24) is 29.6 Å². The van der Waals surface area contributed by atoms with E-state index in [1.54, 1.807) is 23.8 Å². The van der Waals surface area contributed by atoms with Gasteiger partial charge in [0.1, 0.15) is 0 Å². The second-order valence-electron chi connectivity index (χ2n) is 9.94. The van der Waals surface area contributed by atoms with Crippen LogP contribution >= 0.6 is 23.2 Å². The van der Waals surface area contributed by atoms with Gasteiger partial charge in [-0.1, -0.05) is 35.3 Å². The van der Waals surface area contributed by atoms with Crippen molar-refractivity contribution in [2.75, 3.05) is 0 Å². The van der Waals surface area contributed by atoms with E-state index in [1.807, 2.05) is 47.0 Å². The highest BCUT2D eigenvalue weighted by atomic mass is 35.5. The summed E-state index contributed by atoms with van der Waals surface area (Å²) in [4.78, 5) is 30.7. The van der Waals surface area contributed by atoms with E-state index in [9.17, 15) is 9.59 Å². The molecular formula is C28H26Cl2N6O2. The number of nitrogens with zero attached hydrogens (tertiary/aromatic N) is 4. The van der Waals surface area contributed by atoms with Crippen LogP contribution in [0.5, 0.6) is 0 Å². The average molecular weight is 549 g/mol. The summed E-state index contributed by atoms with van der Waals surface area (Å²) in [6.45, 7) is 2.43. The molecule has 0 unspecified atom stereocenters. The molecule has 1 fully saturated rings. The number of H-pyrrole nitrogens is 1. The first-order valence-corrected chi connectivity index (χ1v) is 13.4. The molecule has 10 heteroatoms. The van der Waals surface area contributed by atoms with Crippen molar-refractivity contribution in [2.45, 2.75) is 45.2 Å². The molecule has 3 heterocycles. The van der Waals surface area contributed by atoms with Crippen LogP contribution in [0.25, 0.3) is 27.6 Å². The van der Waals surface area contributed by atoms with Gasteiger partial charge in [0.05, 0.1) is 38.5 Å². The number of hydrogen-bond donors (Lipinski definition) is 2. The van der Waals surface area contributed by atoms with Gasteiger partial charge in [0, 0.05) is 24.2 Å². The van der Waals surface area contributed by atoms with Gasteiger partial charge in [-0.2, -0.15) is 5.10 Å². The molecule has 1 aliphatic carbocycles. The Kier molecular flexibility index (Phi) is 6.45. The van der Waals surface area contributed by atoms with E-state index in [0.717, 1.165) is 53.3 Å². The van der Waals surface area contributed by atoms with Crippen molar-refractivity contribution >= 4 is 51.0 Å². The van der Waals surface area contributed by atoms with Crippen molar-refractivity contribution in [1.29, 1.82) is 0 Å². The topological polar surface area (TPSA) is 97.6 Å². The van der Waals surface area contributed by atoms with Gasteiger partial charge in [-0.05, 0) is 74.9 Å². The van der Waals surface area contributed by atoms with Gasteiger partial charge in [0.25, 0.3) is 5.91 Å². The molecule has 5 aromatic rings. The molecule has 0 bridgehead atoms. The number of aromatic nitrogens is 5. The normalized spacial score (nSPS) is 17.8. The minimum absolute atomic E-state index is 0.0736. The van der Waals surface area contributed by atoms with Crippen LogP contribution in [0, 0.1) is 12.8 Å². The lowest BCUT2D eigenvalue weighted by Gasteiger charge is -2.29. The Hall–Kier alpha value is -3.62. The number of carbonyl (C=O) groups is 1. The molecule has 3 aromatic heterocycles. The highest BCUT2D eigenvalue weighted by Gasteiger charge is 2.26. The zero-order valence-corrected chi connectivity index (χ0v) is 22.3. The van der Waals surface area contributed by atoms with E-state index in [1.165, 1.54) is 0 Å². The summed E-state index contributed by atoms with van der Waals surface area (Å²) in [5, 5.41) is 11.8. The van der Waals surface area contributed by atoms with Crippen molar-refractivity contribution in [2.24, 2.45) is 5.92 Å². The molecule has 0 atom stereocenters. The number of para-hydroxylation sites is 2. The third-order valence-corrected chi connectivity index (χ3v) is 8.01. The lowest BCUT2D eigenvalue weighted by atomic mass is 9.85. The maximum atomic E-state index is 13.7. The van der Waals surface area contributed by atoms with Gasteiger partial charge < -0.3 is 5.32 Å². The van der Waals surface area contributed by atoms with Crippen LogP contribution in [0.1, 0.15) is 41.7 Å². The molecule has 8 nitrogen and oxygen atoms in total. The summed E-state index contributed by atoms with van der Waals surface area (Å²) in [7, 11) is 0. The van der Waals surface area contributed by atoms with Crippen LogP contribution in [0.15, 0.2) is 59.5 Å². The minimum Gasteiger partial charge on any atom is -0.349 e. The first-order valence-electron chi connectivity index (χ1n) is 12.7. The fourth-order valence-electron chi connectivity index (χ4n) is 5.50. The smallest absolute Gasteiger partial charge is 0.333 e. The maximum absolute atomic E-state index is 13.7. The lowest BCUT2D eigenvalue weighted by Crippen LogP contribution is -2.39. The molecule has 38 heavy (non-hydrogen) atoms. The predicted octanol–water partition coefficient (Wildman–Crippen LogP) is 5.67. The summed E-state index contributed by atoms with van der Waals surface area (Å²) < 4.78 is 3.63. The number of imidazole rings is 1. The van der Waals surface area contributed by atoms with Gasteiger partial charge in [0.15, 0.2) is 5.15 Å². The molecule has 1 aliphatic rings. The van der Waals surface area contributed by atoms with E-state index in [2.05, 4.69) is 20.5 Å². The summed E-state index contributed by atoms with van der Waals surface area (Å²) in [6, 6.07) is 15.3. The number of nitrogens with one attached hydrogen (secondary N) is 2. The number of benzene rings is 2. The van der Waals surface area contributed by atoms with Crippen LogP contribution in [0.3, 0.4) is 0 Å². The largest absolute Gasteiger partial charge is 0.349 e. The Bertz CT molecular complexity index is 1730. The van der Waals surface area contributed by atoms with Crippen LogP contribution in [0.4, 0.5) is 0 Å². The SMILES string of the molecule is Cc1ncc(Cl)cc1C(=O)NC1CCC(Cn2c(=O)n(-c3ccc4c(Cl)n[nH]c4c3)c3ccccc32)CC1. The number of halogens is 2. The molecule has 0 spiro atoms. The second kappa shape index (κ2) is 9.93. The summed E-state index contributed by atoms with van der Waals surface area (Å²) in [5.74, 6) is 0.194. The number of carbonyl (C=O) groups excluding carboxylic acids is 1. The van der Waals surface area contributed by atoms with Crippen LogP contribution < -0.4 is 11.0 Å². The van der Waals surface area contributed by atoms with E-state index < -0.39 is 0 Å². The highest BCUT2D eigenvalue weighted by Crippen LogP contribution is 2.29. The summed E-state index contributed by atoms with van der Waals surface area (Å²) >= 11 is 12.2. The molecule has 0 radical (unpaired) electrons. The first kappa shape index (κ1) is 24.7. The fraction of sp³-hybridized carbons (Fsp3) is 0.286. The van der Waals surface area contributed by atoms with Gasteiger partial charge in [-0.25, -0.2) is 4.79 Å². The Morgan fingerprint density at radius 3 is 2.63 bits per heavy atom. The standard InChI is InChI=1S/C28H26Cl2N6O2/c1-16-22(12-18(29)14-31-16)27(37)32-19-8-6-17(7-9-19)15-35-24-4-2-3-5-25(24)36(28(35)38)20-10-11-21-23(13-20)33-34-26(21)30/h2-5,10-14,17,19H,6-9,15H2,1H3,(H,32,37)(H,33,34). The average Bonchev–Trinajstić information content (AvgIpc) is 3.42. The third-order valence-electron chi connectivity index (χ3n) is 7.51. The van der Waals surface area contributed by atoms with E-state index in [-0.39, 0.29) is 17.6 Å². The number of pyridine rings is 1.